The van der Waals surface area contributed by atoms with Crippen molar-refractivity contribution in [3.63, 3.8) is 0 Å². The summed E-state index contributed by atoms with van der Waals surface area (Å²) in [6, 6.07) is 0.144. The first-order valence-corrected chi connectivity index (χ1v) is 5.79. The normalized spacial score (nSPS) is 35.2. The first-order valence-electron chi connectivity index (χ1n) is 5.79. The quantitative estimate of drug-likeness (QED) is 0.630. The van der Waals surface area contributed by atoms with Gasteiger partial charge in [-0.2, -0.15) is 0 Å². The van der Waals surface area contributed by atoms with Crippen LogP contribution < -0.4 is 5.73 Å². The van der Waals surface area contributed by atoms with Crippen molar-refractivity contribution in [1.29, 1.82) is 0 Å². The van der Waals surface area contributed by atoms with Gasteiger partial charge in [0.05, 0.1) is 25.4 Å². The van der Waals surface area contributed by atoms with E-state index in [1.807, 2.05) is 0 Å². The molecule has 0 aromatic rings. The summed E-state index contributed by atoms with van der Waals surface area (Å²) in [6.07, 6.45) is 3.89. The third-order valence-electron chi connectivity index (χ3n) is 3.13. The Morgan fingerprint density at radius 3 is 2.60 bits per heavy atom. The monoisotopic (exact) mass is 215 g/mol. The lowest BCUT2D eigenvalue weighted by Crippen LogP contribution is -2.58. The highest BCUT2D eigenvalue weighted by Crippen LogP contribution is 2.32. The number of hydrogen-bond donors (Lipinski definition) is 1. The summed E-state index contributed by atoms with van der Waals surface area (Å²) in [6.45, 7) is 2.12. The molecule has 2 fully saturated rings. The minimum absolute atomic E-state index is 0.0823. The van der Waals surface area contributed by atoms with Crippen molar-refractivity contribution in [2.45, 2.75) is 37.5 Å². The van der Waals surface area contributed by atoms with Crippen molar-refractivity contribution in [2.24, 2.45) is 11.7 Å². The van der Waals surface area contributed by atoms with Gasteiger partial charge in [-0.05, 0) is 25.2 Å². The predicted molar refractivity (Wildman–Crippen MR) is 56.7 cm³/mol. The topological polar surface area (TPSA) is 53.7 Å². The van der Waals surface area contributed by atoms with Crippen LogP contribution in [0.15, 0.2) is 0 Å². The fourth-order valence-electron chi connectivity index (χ4n) is 1.82. The maximum absolute atomic E-state index is 5.87. The van der Waals surface area contributed by atoms with Gasteiger partial charge < -0.3 is 19.9 Å². The van der Waals surface area contributed by atoms with Gasteiger partial charge >= 0.3 is 0 Å². The Bertz CT molecular complexity index is 196. The van der Waals surface area contributed by atoms with Crippen LogP contribution in [-0.4, -0.2) is 45.2 Å². The molecular weight excluding hydrogens is 194 g/mol. The van der Waals surface area contributed by atoms with Gasteiger partial charge in [0, 0.05) is 19.8 Å². The number of rotatable bonds is 7. The van der Waals surface area contributed by atoms with E-state index in [9.17, 15) is 0 Å². The molecule has 3 atom stereocenters. The predicted octanol–water partition coefficient (Wildman–Crippen LogP) is 0.544. The van der Waals surface area contributed by atoms with E-state index in [0.717, 1.165) is 18.9 Å². The Morgan fingerprint density at radius 1 is 1.20 bits per heavy atom. The minimum atomic E-state index is 0.0823. The van der Waals surface area contributed by atoms with Crippen LogP contribution in [0.4, 0.5) is 0 Å². The zero-order chi connectivity index (χ0) is 10.7. The Balaban J connectivity index is 1.61. The number of hydrogen-bond acceptors (Lipinski definition) is 4. The van der Waals surface area contributed by atoms with E-state index < -0.39 is 0 Å². The van der Waals surface area contributed by atoms with E-state index in [-0.39, 0.29) is 18.2 Å². The molecule has 0 aromatic heterocycles. The molecule has 0 bridgehead atoms. The molecule has 2 N–H and O–H groups in total. The highest BCUT2D eigenvalue weighted by molar-refractivity contribution is 4.95. The van der Waals surface area contributed by atoms with Crippen molar-refractivity contribution in [1.82, 2.24) is 0 Å². The van der Waals surface area contributed by atoms with Gasteiger partial charge in [-0.15, -0.1) is 0 Å². The van der Waals surface area contributed by atoms with Crippen molar-refractivity contribution in [2.75, 3.05) is 26.9 Å². The fourth-order valence-corrected chi connectivity index (χ4v) is 1.82. The second-order valence-electron chi connectivity index (χ2n) is 4.54. The summed E-state index contributed by atoms with van der Waals surface area (Å²) in [5, 5.41) is 0. The fraction of sp³-hybridized carbons (Fsp3) is 1.00. The van der Waals surface area contributed by atoms with Crippen LogP contribution in [0, 0.1) is 5.92 Å². The van der Waals surface area contributed by atoms with Crippen LogP contribution in [-0.2, 0) is 14.2 Å². The van der Waals surface area contributed by atoms with Crippen LogP contribution in [0.5, 0.6) is 0 Å². The highest BCUT2D eigenvalue weighted by Gasteiger charge is 2.41. The van der Waals surface area contributed by atoms with E-state index in [2.05, 4.69) is 0 Å². The van der Waals surface area contributed by atoms with Crippen molar-refractivity contribution in [3.8, 4) is 0 Å². The molecule has 0 aromatic carbocycles. The molecule has 0 radical (unpaired) electrons. The lowest BCUT2D eigenvalue weighted by Gasteiger charge is -2.41. The van der Waals surface area contributed by atoms with Gasteiger partial charge in [-0.25, -0.2) is 0 Å². The van der Waals surface area contributed by atoms with Crippen molar-refractivity contribution in [3.05, 3.63) is 0 Å². The number of methoxy groups -OCH3 is 1. The summed E-state index contributed by atoms with van der Waals surface area (Å²) < 4.78 is 16.3. The van der Waals surface area contributed by atoms with E-state index >= 15 is 0 Å². The second-order valence-corrected chi connectivity index (χ2v) is 4.54. The molecule has 4 nitrogen and oxygen atoms in total. The molecule has 88 valence electrons. The molecule has 0 amide bonds. The van der Waals surface area contributed by atoms with Crippen LogP contribution in [0.1, 0.15) is 19.3 Å². The molecule has 3 unspecified atom stereocenters. The van der Waals surface area contributed by atoms with E-state index in [1.54, 1.807) is 7.11 Å². The highest BCUT2D eigenvalue weighted by atomic mass is 16.6. The van der Waals surface area contributed by atoms with Gasteiger partial charge in [0.25, 0.3) is 0 Å². The van der Waals surface area contributed by atoms with E-state index in [1.165, 1.54) is 12.8 Å². The molecule has 15 heavy (non-hydrogen) atoms. The molecule has 2 aliphatic rings. The molecule has 4 heteroatoms. The summed E-state index contributed by atoms with van der Waals surface area (Å²) >= 11 is 0. The molecule has 2 aliphatic carbocycles. The first-order chi connectivity index (χ1) is 7.31. The van der Waals surface area contributed by atoms with Gasteiger partial charge in [0.15, 0.2) is 0 Å². The average molecular weight is 215 g/mol. The Hall–Kier alpha value is -0.160. The third-order valence-corrected chi connectivity index (χ3v) is 3.13. The zero-order valence-electron chi connectivity index (χ0n) is 9.35. The summed E-state index contributed by atoms with van der Waals surface area (Å²) in [5.41, 5.74) is 5.87. The molecule has 2 saturated carbocycles. The lowest BCUT2D eigenvalue weighted by molar-refractivity contribution is -0.146. The molecule has 0 spiro atoms. The van der Waals surface area contributed by atoms with E-state index in [4.69, 9.17) is 19.9 Å². The molecule has 2 rings (SSSR count). The summed E-state index contributed by atoms with van der Waals surface area (Å²) in [4.78, 5) is 0. The maximum atomic E-state index is 5.87. The number of ether oxygens (including phenoxy) is 3. The van der Waals surface area contributed by atoms with Crippen LogP contribution in [0.3, 0.4) is 0 Å². The summed E-state index contributed by atoms with van der Waals surface area (Å²) in [5.74, 6) is 0.807. The molecule has 0 heterocycles. The average Bonchev–Trinajstić information content (AvgIpc) is 3.02. The molecule has 0 saturated heterocycles. The Labute approximate surface area is 91.1 Å². The smallest absolute Gasteiger partial charge is 0.0989 e. The molecular formula is C11H21NO3. The lowest BCUT2D eigenvalue weighted by atomic mass is 9.86. The minimum Gasteiger partial charge on any atom is -0.382 e. The van der Waals surface area contributed by atoms with Crippen LogP contribution in [0.2, 0.25) is 0 Å². The molecule has 0 aliphatic heterocycles. The number of nitrogens with two attached hydrogens (primary N) is 1. The Kier molecular flexibility index (Phi) is 3.97. The maximum Gasteiger partial charge on any atom is 0.0989 e. The van der Waals surface area contributed by atoms with Crippen molar-refractivity contribution >= 4 is 0 Å². The first kappa shape index (κ1) is 11.3. The van der Waals surface area contributed by atoms with E-state index in [0.29, 0.717) is 13.2 Å². The van der Waals surface area contributed by atoms with Gasteiger partial charge in [-0.1, -0.05) is 0 Å². The van der Waals surface area contributed by atoms with Gasteiger partial charge in [-0.3, -0.25) is 0 Å². The van der Waals surface area contributed by atoms with Crippen molar-refractivity contribution < 1.29 is 14.2 Å². The second kappa shape index (κ2) is 5.25. The van der Waals surface area contributed by atoms with Crippen LogP contribution in [0.25, 0.3) is 0 Å². The SMILES string of the molecule is COCCOC1C(N)CC1OCC1CC1. The summed E-state index contributed by atoms with van der Waals surface area (Å²) in [7, 11) is 1.67. The third kappa shape index (κ3) is 3.14. The Morgan fingerprint density at radius 2 is 2.00 bits per heavy atom. The van der Waals surface area contributed by atoms with Gasteiger partial charge in [0.1, 0.15) is 0 Å². The largest absolute Gasteiger partial charge is 0.382 e. The van der Waals surface area contributed by atoms with Gasteiger partial charge in [0.2, 0.25) is 0 Å². The standard InChI is InChI=1S/C11H21NO3/c1-13-4-5-14-11-9(12)6-10(11)15-7-8-2-3-8/h8-11H,2-7,12H2,1H3. The van der Waals surface area contributed by atoms with Crippen LogP contribution >= 0.6 is 0 Å². The zero-order valence-corrected chi connectivity index (χ0v) is 9.35.